The van der Waals surface area contributed by atoms with Crippen molar-refractivity contribution in [1.82, 2.24) is 10.0 Å². The zero-order chi connectivity index (χ0) is 30.8. The van der Waals surface area contributed by atoms with Crippen molar-refractivity contribution in [2.45, 2.75) is 13.3 Å². The number of fused-ring (bicyclic) bond motifs is 1. The molecule has 2 aliphatic rings. The van der Waals surface area contributed by atoms with Crippen LogP contribution in [0.25, 0.3) is 0 Å². The van der Waals surface area contributed by atoms with Gasteiger partial charge in [0.2, 0.25) is 0 Å². The van der Waals surface area contributed by atoms with E-state index in [0.717, 1.165) is 10.0 Å². The third kappa shape index (κ3) is 6.04. The number of halogens is 2. The largest absolute Gasteiger partial charge is 0.497 e. The van der Waals surface area contributed by atoms with Crippen molar-refractivity contribution in [2.75, 3.05) is 13.7 Å². The van der Waals surface area contributed by atoms with Gasteiger partial charge in [0, 0.05) is 10.6 Å². The van der Waals surface area contributed by atoms with E-state index in [1.165, 1.54) is 55.6 Å². The maximum absolute atomic E-state index is 13.8. The van der Waals surface area contributed by atoms with Crippen molar-refractivity contribution in [3.8, 4) is 11.5 Å². The molecule has 9 nitrogen and oxygen atoms in total. The van der Waals surface area contributed by atoms with Gasteiger partial charge in [-0.05, 0) is 73.0 Å². The van der Waals surface area contributed by atoms with Crippen LogP contribution in [0.3, 0.4) is 0 Å². The van der Waals surface area contributed by atoms with Gasteiger partial charge in [-0.25, -0.2) is 9.80 Å². The van der Waals surface area contributed by atoms with Crippen LogP contribution in [0.4, 0.5) is 0 Å². The van der Waals surface area contributed by atoms with E-state index >= 15 is 0 Å². The third-order valence-corrected chi connectivity index (χ3v) is 8.02. The van der Waals surface area contributed by atoms with Gasteiger partial charge < -0.3 is 9.47 Å². The predicted molar refractivity (Wildman–Crippen MR) is 158 cm³/mol. The molecule has 1 heterocycles. The first-order valence-electron chi connectivity index (χ1n) is 13.4. The number of rotatable bonds is 8. The first-order chi connectivity index (χ1) is 20.6. The van der Waals surface area contributed by atoms with Crippen LogP contribution >= 0.6 is 23.2 Å². The second-order valence-corrected chi connectivity index (χ2v) is 11.0. The van der Waals surface area contributed by atoms with Gasteiger partial charge in [0.25, 0.3) is 17.7 Å². The number of hydrogen-bond acceptors (Lipinski definition) is 7. The zero-order valence-corrected chi connectivity index (χ0v) is 24.7. The highest BCUT2D eigenvalue weighted by atomic mass is 35.5. The molecule has 43 heavy (non-hydrogen) atoms. The molecule has 0 unspecified atom stereocenters. The van der Waals surface area contributed by atoms with Gasteiger partial charge in [0.1, 0.15) is 18.0 Å². The van der Waals surface area contributed by atoms with E-state index in [9.17, 15) is 24.0 Å². The summed E-state index contributed by atoms with van der Waals surface area (Å²) in [4.78, 5) is 66.9. The van der Waals surface area contributed by atoms with E-state index in [0.29, 0.717) is 12.2 Å². The fourth-order valence-corrected chi connectivity index (χ4v) is 5.75. The molecular formula is C32H26Cl2N2O7. The summed E-state index contributed by atoms with van der Waals surface area (Å²) in [6, 6.07) is 16.4. The predicted octanol–water partition coefficient (Wildman–Crippen LogP) is 5.66. The molecule has 0 radical (unpaired) electrons. The van der Waals surface area contributed by atoms with E-state index < -0.39 is 47.9 Å². The quantitative estimate of drug-likeness (QED) is 0.105. The molecule has 0 saturated carbocycles. The Balaban J connectivity index is 1.39. The number of esters is 1. The number of ketones is 1. The molecule has 0 N–H and O–H groups in total. The number of carbonyl (C=O) groups excluding carboxylic acids is 5. The van der Waals surface area contributed by atoms with Crippen LogP contribution in [0.1, 0.15) is 44.4 Å². The van der Waals surface area contributed by atoms with Crippen LogP contribution in [0.2, 0.25) is 10.0 Å². The summed E-state index contributed by atoms with van der Waals surface area (Å²) >= 11 is 12.3. The van der Waals surface area contributed by atoms with E-state index in [1.807, 2.05) is 19.1 Å². The van der Waals surface area contributed by atoms with Gasteiger partial charge in [0.15, 0.2) is 5.78 Å². The summed E-state index contributed by atoms with van der Waals surface area (Å²) in [5, 5.41) is 1.93. The molecule has 5 rings (SSSR count). The van der Waals surface area contributed by atoms with Crippen LogP contribution < -0.4 is 9.47 Å². The van der Waals surface area contributed by atoms with Crippen molar-refractivity contribution in [3.63, 3.8) is 0 Å². The molecular weight excluding hydrogens is 595 g/mol. The second-order valence-electron chi connectivity index (χ2n) is 10.2. The van der Waals surface area contributed by atoms with Crippen molar-refractivity contribution in [3.05, 3.63) is 106 Å². The smallest absolute Gasteiger partial charge is 0.343 e. The first-order valence-corrected chi connectivity index (χ1v) is 14.2. The van der Waals surface area contributed by atoms with E-state index in [-0.39, 0.29) is 38.4 Å². The fourth-order valence-electron chi connectivity index (χ4n) is 5.26. The van der Waals surface area contributed by atoms with Crippen molar-refractivity contribution < 1.29 is 33.4 Å². The van der Waals surface area contributed by atoms with Crippen LogP contribution in [0.5, 0.6) is 11.5 Å². The summed E-state index contributed by atoms with van der Waals surface area (Å²) in [6.45, 7) is 1.21. The molecule has 0 bridgehead atoms. The number of hydrazine groups is 1. The number of allylic oxidation sites excluding steroid dienone is 2. The van der Waals surface area contributed by atoms with Crippen LogP contribution in [0.15, 0.2) is 78.9 Å². The lowest BCUT2D eigenvalue weighted by Crippen LogP contribution is -2.52. The third-order valence-electron chi connectivity index (χ3n) is 7.47. The van der Waals surface area contributed by atoms with E-state index in [4.69, 9.17) is 32.7 Å². The molecule has 1 saturated heterocycles. The summed E-state index contributed by atoms with van der Waals surface area (Å²) < 4.78 is 10.5. The number of nitrogens with zero attached hydrogens (tertiary/aromatic N) is 2. The molecule has 3 aromatic carbocycles. The Kier molecular flexibility index (Phi) is 8.66. The van der Waals surface area contributed by atoms with Crippen LogP contribution in [-0.4, -0.2) is 53.1 Å². The molecule has 3 aromatic rings. The highest BCUT2D eigenvalue weighted by Gasteiger charge is 2.53. The van der Waals surface area contributed by atoms with Gasteiger partial charge in [-0.1, -0.05) is 48.3 Å². The summed E-state index contributed by atoms with van der Waals surface area (Å²) in [5.41, 5.74) is 0.410. The molecule has 0 aromatic heterocycles. The molecule has 220 valence electrons. The van der Waals surface area contributed by atoms with Crippen molar-refractivity contribution in [2.24, 2.45) is 17.8 Å². The van der Waals surface area contributed by atoms with Gasteiger partial charge in [-0.2, -0.15) is 5.01 Å². The zero-order valence-electron chi connectivity index (χ0n) is 23.2. The maximum Gasteiger partial charge on any atom is 0.343 e. The van der Waals surface area contributed by atoms with Crippen LogP contribution in [-0.2, 0) is 9.59 Å². The van der Waals surface area contributed by atoms with E-state index in [1.54, 1.807) is 18.2 Å². The van der Waals surface area contributed by atoms with E-state index in [2.05, 4.69) is 0 Å². The number of hydrogen-bond donors (Lipinski definition) is 0. The molecule has 1 aliphatic carbocycles. The first kappa shape index (κ1) is 30.0. The SMILES string of the molecule is COc1cccc(C(=O)Oc2ccc(C(=O)CN(C(=O)c3ccc(Cl)cc3Cl)N3C(=O)[C@H]4[C@@H](C)C=CC[C@H]4C3=O)cc2)c1. The molecule has 3 atom stereocenters. The Morgan fingerprint density at radius 2 is 1.67 bits per heavy atom. The number of amides is 3. The van der Waals surface area contributed by atoms with Gasteiger partial charge in [-0.15, -0.1) is 0 Å². The van der Waals surface area contributed by atoms with Crippen molar-refractivity contribution >= 4 is 52.7 Å². The number of ether oxygens (including phenoxy) is 2. The topological polar surface area (TPSA) is 110 Å². The summed E-state index contributed by atoms with van der Waals surface area (Å²) in [6.07, 6.45) is 4.06. The minimum Gasteiger partial charge on any atom is -0.497 e. The lowest BCUT2D eigenvalue weighted by molar-refractivity contribution is -0.154. The highest BCUT2D eigenvalue weighted by molar-refractivity contribution is 6.36. The molecule has 1 fully saturated rings. The van der Waals surface area contributed by atoms with Gasteiger partial charge in [-0.3, -0.25) is 19.2 Å². The maximum atomic E-state index is 13.8. The van der Waals surface area contributed by atoms with Crippen LogP contribution in [0, 0.1) is 17.8 Å². The highest BCUT2D eigenvalue weighted by Crippen LogP contribution is 2.39. The normalized spacial score (nSPS) is 19.2. The minimum absolute atomic E-state index is 0.00343. The Morgan fingerprint density at radius 3 is 2.35 bits per heavy atom. The Bertz CT molecular complexity index is 1650. The summed E-state index contributed by atoms with van der Waals surface area (Å²) in [5.74, 6) is -3.94. The molecule has 11 heteroatoms. The lowest BCUT2D eigenvalue weighted by Gasteiger charge is -2.30. The van der Waals surface area contributed by atoms with Gasteiger partial charge >= 0.3 is 5.97 Å². The monoisotopic (exact) mass is 620 g/mol. The average Bonchev–Trinajstić information content (AvgIpc) is 3.25. The molecule has 3 amide bonds. The Hall–Kier alpha value is -4.47. The molecule has 0 spiro atoms. The number of methoxy groups -OCH3 is 1. The number of benzene rings is 3. The van der Waals surface area contributed by atoms with Crippen molar-refractivity contribution in [1.29, 1.82) is 0 Å². The second kappa shape index (κ2) is 12.4. The number of imide groups is 1. The number of Topliss-reactive ketones (excluding diaryl/α,β-unsaturated/α-hetero) is 1. The average molecular weight is 621 g/mol. The summed E-state index contributed by atoms with van der Waals surface area (Å²) in [7, 11) is 1.49. The van der Waals surface area contributed by atoms with Gasteiger partial charge in [0.05, 0.1) is 35.1 Å². The fraction of sp³-hybridized carbons (Fsp3) is 0.219. The standard InChI is InChI=1S/C32H26Cl2N2O7/c1-18-5-3-8-25-28(18)31(40)36(30(25)39)35(29(38)24-14-11-21(33)16-26(24)34)17-27(37)19-9-12-22(13-10-19)43-32(41)20-6-4-7-23(15-20)42-2/h3-7,9-16,18,25,28H,8,17H2,1-2H3/t18-,25+,28-/m0/s1. The lowest BCUT2D eigenvalue weighted by atomic mass is 9.78. The molecule has 1 aliphatic heterocycles. The Morgan fingerprint density at radius 1 is 0.930 bits per heavy atom. The minimum atomic E-state index is -0.806. The number of carbonyl (C=O) groups is 5. The Labute approximate surface area is 257 Å².